The average Bonchev–Trinajstić information content (AvgIpc) is 2.46. The van der Waals surface area contributed by atoms with Crippen molar-refractivity contribution in [3.63, 3.8) is 0 Å². The Morgan fingerprint density at radius 3 is 2.73 bits per heavy atom. The van der Waals surface area contributed by atoms with Crippen LogP contribution in [-0.2, 0) is 4.79 Å². The fourth-order valence-electron chi connectivity index (χ4n) is 1.73. The van der Waals surface area contributed by atoms with E-state index >= 15 is 0 Å². The molecule has 0 aliphatic heterocycles. The molecule has 0 saturated carbocycles. The van der Waals surface area contributed by atoms with Crippen LogP contribution in [-0.4, -0.2) is 27.1 Å². The van der Waals surface area contributed by atoms with E-state index in [1.54, 1.807) is 6.07 Å². The Labute approximate surface area is 124 Å². The van der Waals surface area contributed by atoms with Crippen LogP contribution in [0.25, 0.3) is 11.1 Å². The molecule has 114 valence electrons. The van der Waals surface area contributed by atoms with Crippen molar-refractivity contribution in [1.29, 1.82) is 0 Å². The number of ether oxygens (including phenoxy) is 1. The van der Waals surface area contributed by atoms with Gasteiger partial charge in [0.05, 0.1) is 0 Å². The summed E-state index contributed by atoms with van der Waals surface area (Å²) in [7, 11) is 0. The maximum atomic E-state index is 13.2. The highest BCUT2D eigenvalue weighted by Crippen LogP contribution is 2.31. The summed E-state index contributed by atoms with van der Waals surface area (Å²) in [6, 6.07) is 6.82. The molecular formula is C14H11FN2O5. The zero-order valence-corrected chi connectivity index (χ0v) is 11.4. The number of carboxylic acids is 1. The number of carboxylic acid groups (broad SMARTS) is 1. The maximum absolute atomic E-state index is 13.2. The summed E-state index contributed by atoms with van der Waals surface area (Å²) in [5, 5.41) is 19.8. The number of nitro groups is 1. The summed E-state index contributed by atoms with van der Waals surface area (Å²) >= 11 is 0. The lowest BCUT2D eigenvalue weighted by atomic mass is 10.1. The molecule has 1 aromatic heterocycles. The van der Waals surface area contributed by atoms with Gasteiger partial charge in [0, 0.05) is 11.6 Å². The topological polar surface area (TPSA) is 103 Å². The van der Waals surface area contributed by atoms with Gasteiger partial charge in [0.2, 0.25) is 5.75 Å². The van der Waals surface area contributed by atoms with Crippen LogP contribution in [0.2, 0.25) is 0 Å². The van der Waals surface area contributed by atoms with E-state index in [9.17, 15) is 19.3 Å². The van der Waals surface area contributed by atoms with E-state index in [1.807, 2.05) is 0 Å². The minimum absolute atomic E-state index is 0.290. The van der Waals surface area contributed by atoms with E-state index in [0.717, 1.165) is 0 Å². The lowest BCUT2D eigenvalue weighted by Gasteiger charge is -2.11. The van der Waals surface area contributed by atoms with Crippen LogP contribution in [0, 0.1) is 15.9 Å². The van der Waals surface area contributed by atoms with Gasteiger partial charge < -0.3 is 20.0 Å². The van der Waals surface area contributed by atoms with Crippen LogP contribution in [0.5, 0.6) is 5.75 Å². The number of rotatable bonds is 5. The van der Waals surface area contributed by atoms with Gasteiger partial charge in [0.15, 0.2) is 6.10 Å². The molecule has 22 heavy (non-hydrogen) atoms. The normalized spacial score (nSPS) is 11.7. The molecule has 7 nitrogen and oxygen atoms in total. The number of halogens is 1. The molecule has 0 bridgehead atoms. The summed E-state index contributed by atoms with van der Waals surface area (Å²) in [5.74, 6) is -2.64. The Kier molecular flexibility index (Phi) is 4.31. The molecule has 0 aliphatic carbocycles. The van der Waals surface area contributed by atoms with Crippen molar-refractivity contribution in [2.24, 2.45) is 0 Å². The van der Waals surface area contributed by atoms with Gasteiger partial charge >= 0.3 is 11.8 Å². The van der Waals surface area contributed by atoms with Crippen molar-refractivity contribution in [2.45, 2.75) is 13.0 Å². The first-order valence-electron chi connectivity index (χ1n) is 6.18. The lowest BCUT2D eigenvalue weighted by Crippen LogP contribution is -2.23. The lowest BCUT2D eigenvalue weighted by molar-refractivity contribution is -0.390. The maximum Gasteiger partial charge on any atom is 0.406 e. The van der Waals surface area contributed by atoms with Crippen molar-refractivity contribution in [3.05, 3.63) is 52.5 Å². The molecule has 2 rings (SSSR count). The second-order valence-electron chi connectivity index (χ2n) is 4.41. The zero-order valence-electron chi connectivity index (χ0n) is 11.4. The molecule has 1 aromatic carbocycles. The molecule has 1 unspecified atom stereocenters. The van der Waals surface area contributed by atoms with Crippen LogP contribution in [0.3, 0.4) is 0 Å². The van der Waals surface area contributed by atoms with Crippen molar-refractivity contribution in [2.75, 3.05) is 0 Å². The fraction of sp³-hybridized carbons (Fsp3) is 0.143. The number of aliphatic carboxylic acids is 1. The van der Waals surface area contributed by atoms with Crippen molar-refractivity contribution < 1.29 is 24.0 Å². The molecule has 1 heterocycles. The predicted molar refractivity (Wildman–Crippen MR) is 74.0 cm³/mol. The molecular weight excluding hydrogens is 295 g/mol. The summed E-state index contributed by atoms with van der Waals surface area (Å²) in [6.07, 6.45) is -0.0890. The number of aromatic nitrogens is 1. The number of hydrogen-bond donors (Lipinski definition) is 1. The molecule has 0 saturated heterocycles. The van der Waals surface area contributed by atoms with Gasteiger partial charge in [-0.1, -0.05) is 12.1 Å². The van der Waals surface area contributed by atoms with Crippen LogP contribution in [0.1, 0.15) is 6.92 Å². The smallest absolute Gasteiger partial charge is 0.406 e. The molecule has 1 N–H and O–H groups in total. The van der Waals surface area contributed by atoms with E-state index < -0.39 is 28.6 Å². The van der Waals surface area contributed by atoms with Gasteiger partial charge in [-0.2, -0.15) is 0 Å². The monoisotopic (exact) mass is 306 g/mol. The standard InChI is InChI=1S/C14H11FN2O5/c1-8(14(18)19)22-12-6-10(7-16-13(12)17(20)21)9-3-2-4-11(15)5-9/h2-8H,1H3,(H,18,19). The number of benzene rings is 1. The van der Waals surface area contributed by atoms with E-state index in [-0.39, 0.29) is 5.75 Å². The summed E-state index contributed by atoms with van der Waals surface area (Å²) in [4.78, 5) is 24.6. The molecule has 2 aromatic rings. The minimum atomic E-state index is -1.29. The number of pyridine rings is 1. The molecule has 0 spiro atoms. The molecule has 0 aliphatic rings. The van der Waals surface area contributed by atoms with Gasteiger partial charge in [0.1, 0.15) is 12.0 Å². The van der Waals surface area contributed by atoms with Crippen LogP contribution < -0.4 is 4.74 Å². The van der Waals surface area contributed by atoms with E-state index in [1.165, 1.54) is 37.4 Å². The Bertz CT molecular complexity index is 735. The fourth-order valence-corrected chi connectivity index (χ4v) is 1.73. The molecule has 1 atom stereocenters. The quantitative estimate of drug-likeness (QED) is 0.673. The zero-order chi connectivity index (χ0) is 16.3. The number of hydrogen-bond acceptors (Lipinski definition) is 5. The first kappa shape index (κ1) is 15.4. The minimum Gasteiger partial charge on any atom is -0.479 e. The Morgan fingerprint density at radius 2 is 2.14 bits per heavy atom. The van der Waals surface area contributed by atoms with E-state index in [2.05, 4.69) is 4.98 Å². The third-order valence-electron chi connectivity index (χ3n) is 2.82. The second kappa shape index (κ2) is 6.17. The molecule has 0 radical (unpaired) electrons. The first-order valence-corrected chi connectivity index (χ1v) is 6.18. The van der Waals surface area contributed by atoms with Crippen molar-refractivity contribution in [3.8, 4) is 16.9 Å². The van der Waals surface area contributed by atoms with Crippen LogP contribution in [0.15, 0.2) is 36.5 Å². The van der Waals surface area contributed by atoms with Gasteiger partial charge in [0.25, 0.3) is 0 Å². The third kappa shape index (κ3) is 3.35. The van der Waals surface area contributed by atoms with E-state index in [4.69, 9.17) is 9.84 Å². The van der Waals surface area contributed by atoms with Gasteiger partial charge in [-0.3, -0.25) is 0 Å². The first-order chi connectivity index (χ1) is 10.4. The summed E-state index contributed by atoms with van der Waals surface area (Å²) in [6.45, 7) is 1.24. The Hall–Kier alpha value is -3.03. The van der Waals surface area contributed by atoms with Crippen molar-refractivity contribution >= 4 is 11.8 Å². The van der Waals surface area contributed by atoms with Crippen molar-refractivity contribution in [1.82, 2.24) is 4.98 Å². The Balaban J connectivity index is 2.47. The third-order valence-corrected chi connectivity index (χ3v) is 2.82. The molecule has 8 heteroatoms. The number of nitrogens with zero attached hydrogens (tertiary/aromatic N) is 2. The van der Waals surface area contributed by atoms with Gasteiger partial charge in [-0.05, 0) is 34.5 Å². The van der Waals surface area contributed by atoms with Gasteiger partial charge in [-0.15, -0.1) is 0 Å². The van der Waals surface area contributed by atoms with Crippen LogP contribution >= 0.6 is 0 Å². The SMILES string of the molecule is CC(Oc1cc(-c2cccc(F)c2)cnc1[N+](=O)[O-])C(=O)O. The average molecular weight is 306 g/mol. The predicted octanol–water partition coefficient (Wildman–Crippen LogP) is 2.65. The second-order valence-corrected chi connectivity index (χ2v) is 4.41. The van der Waals surface area contributed by atoms with Crippen LogP contribution in [0.4, 0.5) is 10.2 Å². The Morgan fingerprint density at radius 1 is 1.41 bits per heavy atom. The highest BCUT2D eigenvalue weighted by molar-refractivity contribution is 5.73. The highest BCUT2D eigenvalue weighted by atomic mass is 19.1. The highest BCUT2D eigenvalue weighted by Gasteiger charge is 2.23. The summed E-state index contributed by atoms with van der Waals surface area (Å²) in [5.41, 5.74) is 0.813. The van der Waals surface area contributed by atoms with Gasteiger partial charge in [-0.25, -0.2) is 9.18 Å². The summed E-state index contributed by atoms with van der Waals surface area (Å²) < 4.78 is 18.3. The number of carbonyl (C=O) groups is 1. The molecule has 0 fully saturated rings. The van der Waals surface area contributed by atoms with E-state index in [0.29, 0.717) is 11.1 Å². The largest absolute Gasteiger partial charge is 0.479 e. The molecule has 0 amide bonds.